The van der Waals surface area contributed by atoms with E-state index in [1.54, 1.807) is 4.90 Å². The Kier molecular flexibility index (Phi) is 18.0. The number of nitrogens with zero attached hydrogens (tertiary/aromatic N) is 12. The summed E-state index contributed by atoms with van der Waals surface area (Å²) < 4.78 is 93.9. The lowest BCUT2D eigenvalue weighted by molar-refractivity contribution is -0.136. The van der Waals surface area contributed by atoms with Crippen molar-refractivity contribution in [2.24, 2.45) is 0 Å². The van der Waals surface area contributed by atoms with Gasteiger partial charge in [0.1, 0.15) is 59.3 Å². The van der Waals surface area contributed by atoms with Gasteiger partial charge in [0, 0.05) is 127 Å². The van der Waals surface area contributed by atoms with Crippen molar-refractivity contribution in [2.45, 2.75) is 173 Å². The first-order chi connectivity index (χ1) is 38.4. The van der Waals surface area contributed by atoms with Crippen LogP contribution in [0.2, 0.25) is 25.7 Å². The van der Waals surface area contributed by atoms with Crippen molar-refractivity contribution in [3.63, 3.8) is 0 Å². The quantitative estimate of drug-likeness (QED) is 0.0378. The number of carbonyl (C=O) groups excluding carboxylic acids is 3. The molecule has 0 bridgehead atoms. The molecule has 0 saturated carbocycles. The lowest BCUT2D eigenvalue weighted by Crippen LogP contribution is -2.42. The molecule has 440 valence electrons. The van der Waals surface area contributed by atoms with Crippen LogP contribution in [-0.4, -0.2) is 144 Å². The smallest absolute Gasteiger partial charge is 0.410 e. The normalized spacial score (nSPS) is 16.9. The standard InChI is InChI=1S/C33H48F3N7O4Si.C22H26F3N7O/c1-32(2,3)47-31(45)40-14-9-23(10-15-40)43-26-12-17-41(20-25(26)28(39-43)27(44)8-7-13-33(34,35)36)29-24-11-16-42(30(24)38-21-37-29)22-46-18-19-48(4,5)6;23-22(24,25)7-1-2-18(33)19-16-12-31(21-15-5-10-27-20(15)28-13-29-21)11-6-17(16)32(30-19)14-3-8-26-9-4-14/h11,16,21,23H,7-10,12-15,17-20,22H2,1-6H3;5,10,13-14,26H,1-4,6-9,11-12H2,(H,27,28,29). The molecule has 10 rings (SSSR count). The zero-order valence-corrected chi connectivity index (χ0v) is 48.1. The number of hydrogen-bond donors (Lipinski definition) is 2. The number of hydrogen-bond acceptors (Lipinski definition) is 14. The second kappa shape index (κ2) is 24.6. The third kappa shape index (κ3) is 14.8. The number of halogens is 6. The lowest BCUT2D eigenvalue weighted by Gasteiger charge is -2.35. The van der Waals surface area contributed by atoms with Gasteiger partial charge in [-0.05, 0) is 90.6 Å². The average molecular weight is 1150 g/mol. The third-order valence-corrected chi connectivity index (χ3v) is 16.9. The lowest BCUT2D eigenvalue weighted by atomic mass is 9.99. The Morgan fingerprint density at radius 1 is 0.704 bits per heavy atom. The first-order valence-electron chi connectivity index (χ1n) is 28.1. The molecular formula is C55H74F6N14O5Si. The topological polar surface area (TPSA) is 199 Å². The van der Waals surface area contributed by atoms with E-state index in [4.69, 9.17) is 19.7 Å². The van der Waals surface area contributed by atoms with Crippen LogP contribution in [-0.2, 0) is 42.1 Å². The fraction of sp³-hybridized carbons (Fsp3) is 0.618. The molecule has 81 heavy (non-hydrogen) atoms. The highest BCUT2D eigenvalue weighted by Crippen LogP contribution is 2.37. The summed E-state index contributed by atoms with van der Waals surface area (Å²) in [6.07, 6.45) is -0.730. The van der Waals surface area contributed by atoms with Crippen molar-refractivity contribution < 1.29 is 50.2 Å². The zero-order valence-electron chi connectivity index (χ0n) is 47.1. The highest BCUT2D eigenvalue weighted by molar-refractivity contribution is 6.76. The molecule has 1 amide bonds. The number of amides is 1. The molecule has 2 N–H and O–H groups in total. The van der Waals surface area contributed by atoms with E-state index in [9.17, 15) is 40.7 Å². The number of aromatic nitrogens is 10. The number of rotatable bonds is 17. The van der Waals surface area contributed by atoms with Crippen LogP contribution in [0.4, 0.5) is 42.8 Å². The van der Waals surface area contributed by atoms with Gasteiger partial charge >= 0.3 is 18.4 Å². The van der Waals surface area contributed by atoms with Crippen LogP contribution in [0.5, 0.6) is 0 Å². The Labute approximate surface area is 467 Å². The Bertz CT molecular complexity index is 3160. The van der Waals surface area contributed by atoms with Crippen molar-refractivity contribution in [2.75, 3.05) is 55.7 Å². The number of likely N-dealkylation sites (tertiary alicyclic amines) is 1. The van der Waals surface area contributed by atoms with Gasteiger partial charge in [-0.15, -0.1) is 0 Å². The number of carbonyl (C=O) groups is 3. The van der Waals surface area contributed by atoms with E-state index in [0.29, 0.717) is 84.0 Å². The van der Waals surface area contributed by atoms with Crippen LogP contribution in [0.1, 0.15) is 141 Å². The van der Waals surface area contributed by atoms with Crippen LogP contribution < -0.4 is 15.1 Å². The SMILES string of the molecule is CC(C)(C)OC(=O)N1CCC(n2nc(C(=O)CCCC(F)(F)F)c3c2CCN(c2ncnc4c2ccn4COCC[Si](C)(C)C)C3)CC1.O=C(CCCC(F)(F)F)c1nn(C2CCNCC2)c2c1CN(c1ncnc3[nH]ccc13)CC2. The summed E-state index contributed by atoms with van der Waals surface area (Å²) in [6, 6.07) is 5.09. The van der Waals surface area contributed by atoms with Crippen molar-refractivity contribution >= 4 is 59.4 Å². The van der Waals surface area contributed by atoms with Crippen molar-refractivity contribution in [1.82, 2.24) is 59.3 Å². The highest BCUT2D eigenvalue weighted by atomic mass is 28.3. The minimum Gasteiger partial charge on any atom is -0.444 e. The maximum absolute atomic E-state index is 13.4. The minimum absolute atomic E-state index is 0.0542. The predicted octanol–water partition coefficient (Wildman–Crippen LogP) is 10.5. The van der Waals surface area contributed by atoms with Crippen LogP contribution in [0.15, 0.2) is 37.2 Å². The van der Waals surface area contributed by atoms with Crippen LogP contribution in [0.25, 0.3) is 22.1 Å². The summed E-state index contributed by atoms with van der Waals surface area (Å²) in [6.45, 7) is 18.3. The van der Waals surface area contributed by atoms with E-state index in [1.807, 2.05) is 59.2 Å². The molecule has 19 nitrogen and oxygen atoms in total. The van der Waals surface area contributed by atoms with Gasteiger partial charge in [-0.25, -0.2) is 24.7 Å². The van der Waals surface area contributed by atoms with Crippen molar-refractivity contribution in [3.05, 3.63) is 71.1 Å². The van der Waals surface area contributed by atoms with Gasteiger partial charge in [-0.1, -0.05) is 19.6 Å². The number of anilines is 2. The molecule has 4 aliphatic rings. The Morgan fingerprint density at radius 2 is 1.25 bits per heavy atom. The van der Waals surface area contributed by atoms with Gasteiger partial charge in [0.2, 0.25) is 0 Å². The van der Waals surface area contributed by atoms with Crippen molar-refractivity contribution in [1.29, 1.82) is 0 Å². The van der Waals surface area contributed by atoms with Gasteiger partial charge in [0.25, 0.3) is 0 Å². The van der Waals surface area contributed by atoms with E-state index in [0.717, 1.165) is 88.2 Å². The molecule has 0 aliphatic carbocycles. The fourth-order valence-corrected chi connectivity index (χ4v) is 11.9. The third-order valence-electron chi connectivity index (χ3n) is 15.2. The molecule has 4 aliphatic heterocycles. The predicted molar refractivity (Wildman–Crippen MR) is 295 cm³/mol. The van der Waals surface area contributed by atoms with E-state index in [-0.39, 0.29) is 55.3 Å². The molecule has 0 spiro atoms. The Hall–Kier alpha value is -6.41. The monoisotopic (exact) mass is 1150 g/mol. The fourth-order valence-electron chi connectivity index (χ4n) is 11.1. The summed E-state index contributed by atoms with van der Waals surface area (Å²) >= 11 is 0. The minimum atomic E-state index is -4.33. The molecule has 0 radical (unpaired) electrons. The second-order valence-electron chi connectivity index (χ2n) is 23.7. The summed E-state index contributed by atoms with van der Waals surface area (Å²) in [5.41, 5.74) is 4.92. The number of nitrogens with one attached hydrogen (secondary N) is 2. The summed E-state index contributed by atoms with van der Waals surface area (Å²) in [4.78, 5) is 65.9. The number of ether oxygens (including phenoxy) is 2. The maximum atomic E-state index is 13.4. The van der Waals surface area contributed by atoms with Crippen LogP contribution >= 0.6 is 0 Å². The summed E-state index contributed by atoms with van der Waals surface area (Å²) in [7, 11) is -1.22. The summed E-state index contributed by atoms with van der Waals surface area (Å²) in [5.74, 6) is 0.786. The van der Waals surface area contributed by atoms with Gasteiger partial charge in [-0.2, -0.15) is 36.5 Å². The Balaban J connectivity index is 0.000000209. The van der Waals surface area contributed by atoms with E-state index in [1.165, 1.54) is 12.7 Å². The number of H-pyrrole nitrogens is 1. The molecule has 0 aromatic carbocycles. The molecule has 10 heterocycles. The van der Waals surface area contributed by atoms with E-state index in [2.05, 4.69) is 59.7 Å². The number of Topliss-reactive ketones (excluding diaryl/α,β-unsaturated/α-hetero) is 2. The van der Waals surface area contributed by atoms with Gasteiger partial charge in [0.05, 0.1) is 22.9 Å². The van der Waals surface area contributed by atoms with Gasteiger partial charge < -0.3 is 39.0 Å². The van der Waals surface area contributed by atoms with E-state index < -0.39 is 44.7 Å². The number of fused-ring (bicyclic) bond motifs is 4. The molecule has 2 fully saturated rings. The van der Waals surface area contributed by atoms with Gasteiger partial charge in [0.15, 0.2) is 11.6 Å². The largest absolute Gasteiger partial charge is 0.444 e. The average Bonchev–Trinajstić information content (AvgIpc) is 3.67. The number of ketones is 2. The first kappa shape index (κ1) is 59.2. The number of piperidine rings is 2. The van der Waals surface area contributed by atoms with Gasteiger partial charge in [-0.3, -0.25) is 19.0 Å². The molecular weight excluding hydrogens is 1080 g/mol. The van der Waals surface area contributed by atoms with Crippen LogP contribution in [0, 0.1) is 0 Å². The highest BCUT2D eigenvalue weighted by Gasteiger charge is 2.37. The molecule has 26 heteroatoms. The first-order valence-corrected chi connectivity index (χ1v) is 31.8. The van der Waals surface area contributed by atoms with E-state index >= 15 is 0 Å². The number of aromatic amines is 1. The Morgan fingerprint density at radius 3 is 1.79 bits per heavy atom. The molecule has 6 aromatic heterocycles. The zero-order chi connectivity index (χ0) is 57.9. The van der Waals surface area contributed by atoms with Crippen LogP contribution in [0.3, 0.4) is 0 Å². The number of alkyl halides is 6. The summed E-state index contributed by atoms with van der Waals surface area (Å²) in [5, 5.41) is 14.6. The van der Waals surface area contributed by atoms with Crippen molar-refractivity contribution in [3.8, 4) is 0 Å². The second-order valence-corrected chi connectivity index (χ2v) is 29.4. The molecule has 2 saturated heterocycles. The molecule has 6 aromatic rings. The maximum Gasteiger partial charge on any atom is 0.410 e. The molecule has 0 atom stereocenters. The molecule has 0 unspecified atom stereocenters.